The van der Waals surface area contributed by atoms with E-state index in [9.17, 15) is 0 Å². The zero-order valence-corrected chi connectivity index (χ0v) is 24.4. The topological polar surface area (TPSA) is 30.7 Å². The number of hydrogen-bond acceptors (Lipinski definition) is 2. The Kier molecular flexibility index (Phi) is 5.82. The van der Waals surface area contributed by atoms with Crippen molar-refractivity contribution < 1.29 is 0 Å². The van der Waals surface area contributed by atoms with E-state index in [2.05, 4.69) is 132 Å². The summed E-state index contributed by atoms with van der Waals surface area (Å²) in [6, 6.07) is 57.7. The van der Waals surface area contributed by atoms with Crippen LogP contribution < -0.4 is 0 Å². The van der Waals surface area contributed by atoms with Gasteiger partial charge in [0, 0.05) is 27.6 Å². The predicted molar refractivity (Wildman–Crippen MR) is 188 cm³/mol. The Balaban J connectivity index is 1.16. The third-order valence-corrected chi connectivity index (χ3v) is 8.78. The minimum absolute atomic E-state index is 0.879. The molecular formula is C42H27N3. The second-order valence-corrected chi connectivity index (χ2v) is 11.4. The maximum absolute atomic E-state index is 5.19. The summed E-state index contributed by atoms with van der Waals surface area (Å²) >= 11 is 0. The summed E-state index contributed by atoms with van der Waals surface area (Å²) in [5.74, 6) is 0. The molecule has 0 unspecified atom stereocenters. The van der Waals surface area contributed by atoms with Gasteiger partial charge in [0.2, 0.25) is 0 Å². The standard InChI is InChI=1S/C42H27N3/c1-3-12-30(13-4-1)41-42(31-14-5-2-6-15-31)44-37-27-32(21-25-36(37)43-41)28-19-23-33(24-20-28)45-38-18-10-9-17-35(38)40-34-16-8-7-11-29(34)22-26-39(40)45/h1-27H. The normalized spacial score (nSPS) is 11.6. The van der Waals surface area contributed by atoms with Gasteiger partial charge >= 0.3 is 0 Å². The fourth-order valence-electron chi connectivity index (χ4n) is 6.65. The molecule has 0 bridgehead atoms. The Morgan fingerprint density at radius 1 is 0.378 bits per heavy atom. The molecule has 210 valence electrons. The molecule has 0 atom stereocenters. The van der Waals surface area contributed by atoms with Gasteiger partial charge in [0.05, 0.1) is 33.5 Å². The zero-order valence-electron chi connectivity index (χ0n) is 24.4. The lowest BCUT2D eigenvalue weighted by atomic mass is 10.0. The molecule has 9 aromatic rings. The Bertz CT molecular complexity index is 2510. The molecule has 2 aromatic heterocycles. The molecule has 0 saturated heterocycles. The summed E-state index contributed by atoms with van der Waals surface area (Å²) < 4.78 is 2.38. The van der Waals surface area contributed by atoms with Gasteiger partial charge in [-0.15, -0.1) is 0 Å². The predicted octanol–water partition coefficient (Wildman–Crippen LogP) is 10.9. The summed E-state index contributed by atoms with van der Waals surface area (Å²) in [7, 11) is 0. The van der Waals surface area contributed by atoms with E-state index in [-0.39, 0.29) is 0 Å². The lowest BCUT2D eigenvalue weighted by Crippen LogP contribution is -1.96. The van der Waals surface area contributed by atoms with Gasteiger partial charge in [-0.3, -0.25) is 0 Å². The highest BCUT2D eigenvalue weighted by Crippen LogP contribution is 2.37. The van der Waals surface area contributed by atoms with Crippen molar-refractivity contribution in [3.8, 4) is 39.3 Å². The molecular weight excluding hydrogens is 546 g/mol. The molecule has 3 heteroatoms. The van der Waals surface area contributed by atoms with Gasteiger partial charge in [0.1, 0.15) is 0 Å². The number of fused-ring (bicyclic) bond motifs is 6. The van der Waals surface area contributed by atoms with Crippen molar-refractivity contribution in [1.29, 1.82) is 0 Å². The lowest BCUT2D eigenvalue weighted by Gasteiger charge is -2.12. The molecule has 0 aliphatic heterocycles. The first-order valence-electron chi connectivity index (χ1n) is 15.3. The molecule has 0 N–H and O–H groups in total. The molecule has 2 heterocycles. The van der Waals surface area contributed by atoms with E-state index >= 15 is 0 Å². The average molecular weight is 574 g/mol. The largest absolute Gasteiger partial charge is 0.309 e. The third-order valence-electron chi connectivity index (χ3n) is 8.78. The number of rotatable bonds is 4. The monoisotopic (exact) mass is 573 g/mol. The Morgan fingerprint density at radius 2 is 0.978 bits per heavy atom. The molecule has 0 amide bonds. The highest BCUT2D eigenvalue weighted by atomic mass is 15.0. The van der Waals surface area contributed by atoms with Crippen LogP contribution in [-0.4, -0.2) is 14.5 Å². The van der Waals surface area contributed by atoms with E-state index in [0.29, 0.717) is 0 Å². The minimum atomic E-state index is 0.879. The third kappa shape index (κ3) is 4.21. The molecule has 3 nitrogen and oxygen atoms in total. The summed E-state index contributed by atoms with van der Waals surface area (Å²) in [6.45, 7) is 0. The Hall–Kier alpha value is -6.06. The van der Waals surface area contributed by atoms with Crippen molar-refractivity contribution >= 4 is 43.6 Å². The van der Waals surface area contributed by atoms with E-state index < -0.39 is 0 Å². The van der Waals surface area contributed by atoms with Crippen LogP contribution >= 0.6 is 0 Å². The molecule has 9 rings (SSSR count). The van der Waals surface area contributed by atoms with E-state index in [1.807, 2.05) is 36.4 Å². The van der Waals surface area contributed by atoms with Gasteiger partial charge in [-0.1, -0.05) is 127 Å². The van der Waals surface area contributed by atoms with Crippen molar-refractivity contribution in [3.63, 3.8) is 0 Å². The summed E-state index contributed by atoms with van der Waals surface area (Å²) in [4.78, 5) is 10.3. The summed E-state index contributed by atoms with van der Waals surface area (Å²) in [6.07, 6.45) is 0. The van der Waals surface area contributed by atoms with Crippen LogP contribution in [0.3, 0.4) is 0 Å². The van der Waals surface area contributed by atoms with Crippen molar-refractivity contribution in [2.24, 2.45) is 0 Å². The van der Waals surface area contributed by atoms with Crippen LogP contribution in [0.2, 0.25) is 0 Å². The summed E-state index contributed by atoms with van der Waals surface area (Å²) in [5, 5.41) is 5.11. The highest BCUT2D eigenvalue weighted by Gasteiger charge is 2.16. The van der Waals surface area contributed by atoms with Crippen molar-refractivity contribution in [1.82, 2.24) is 14.5 Å². The molecule has 0 aliphatic carbocycles. The van der Waals surface area contributed by atoms with Crippen LogP contribution in [0.1, 0.15) is 0 Å². The van der Waals surface area contributed by atoms with Crippen LogP contribution in [0.4, 0.5) is 0 Å². The van der Waals surface area contributed by atoms with Crippen LogP contribution in [0, 0.1) is 0 Å². The van der Waals surface area contributed by atoms with Crippen LogP contribution in [-0.2, 0) is 0 Å². The van der Waals surface area contributed by atoms with Crippen LogP contribution in [0.15, 0.2) is 164 Å². The maximum atomic E-state index is 5.19. The van der Waals surface area contributed by atoms with Crippen molar-refractivity contribution in [2.45, 2.75) is 0 Å². The first kappa shape index (κ1) is 25.4. The molecule has 7 aromatic carbocycles. The summed E-state index contributed by atoms with van der Waals surface area (Å²) in [5.41, 5.74) is 11.5. The van der Waals surface area contributed by atoms with E-state index in [1.54, 1.807) is 0 Å². The Labute approximate surface area is 260 Å². The molecule has 0 spiro atoms. The quantitative estimate of drug-likeness (QED) is 0.210. The smallest absolute Gasteiger partial charge is 0.0973 e. The number of benzene rings is 7. The molecule has 0 saturated carbocycles. The fraction of sp³-hybridized carbons (Fsp3) is 0. The number of para-hydroxylation sites is 1. The Morgan fingerprint density at radius 3 is 1.71 bits per heavy atom. The molecule has 45 heavy (non-hydrogen) atoms. The van der Waals surface area contributed by atoms with Gasteiger partial charge in [-0.25, -0.2) is 9.97 Å². The van der Waals surface area contributed by atoms with Crippen molar-refractivity contribution in [2.75, 3.05) is 0 Å². The molecule has 0 radical (unpaired) electrons. The molecule has 0 aliphatic rings. The average Bonchev–Trinajstić information content (AvgIpc) is 3.46. The van der Waals surface area contributed by atoms with Crippen LogP contribution in [0.25, 0.3) is 82.9 Å². The van der Waals surface area contributed by atoms with Gasteiger partial charge in [0.25, 0.3) is 0 Å². The SMILES string of the molecule is c1ccc(-c2nc3ccc(-c4ccc(-n5c6ccccc6c6c7ccccc7ccc65)cc4)cc3nc2-c2ccccc2)cc1. The zero-order chi connectivity index (χ0) is 29.7. The highest BCUT2D eigenvalue weighted by molar-refractivity contribution is 6.21. The van der Waals surface area contributed by atoms with Crippen LogP contribution in [0.5, 0.6) is 0 Å². The first-order chi connectivity index (χ1) is 22.3. The van der Waals surface area contributed by atoms with Gasteiger partial charge in [-0.05, 0) is 58.3 Å². The van der Waals surface area contributed by atoms with Gasteiger partial charge in [-0.2, -0.15) is 0 Å². The van der Waals surface area contributed by atoms with E-state index in [1.165, 1.54) is 32.6 Å². The number of nitrogens with zero attached hydrogens (tertiary/aromatic N) is 3. The molecule has 0 fully saturated rings. The van der Waals surface area contributed by atoms with Crippen molar-refractivity contribution in [3.05, 3.63) is 164 Å². The second kappa shape index (κ2) is 10.3. The minimum Gasteiger partial charge on any atom is -0.309 e. The lowest BCUT2D eigenvalue weighted by molar-refractivity contribution is 1.18. The van der Waals surface area contributed by atoms with E-state index in [0.717, 1.165) is 50.4 Å². The number of hydrogen-bond donors (Lipinski definition) is 0. The maximum Gasteiger partial charge on any atom is 0.0973 e. The van der Waals surface area contributed by atoms with E-state index in [4.69, 9.17) is 9.97 Å². The second-order valence-electron chi connectivity index (χ2n) is 11.4. The van der Waals surface area contributed by atoms with Gasteiger partial charge < -0.3 is 4.57 Å². The number of aromatic nitrogens is 3. The first-order valence-corrected chi connectivity index (χ1v) is 15.3. The fourth-order valence-corrected chi connectivity index (χ4v) is 6.65. The van der Waals surface area contributed by atoms with Gasteiger partial charge in [0.15, 0.2) is 0 Å².